The summed E-state index contributed by atoms with van der Waals surface area (Å²) in [6.07, 6.45) is -3.60. The summed E-state index contributed by atoms with van der Waals surface area (Å²) in [7, 11) is 0. The number of hydrogen-bond acceptors (Lipinski definition) is 6. The molecule has 3 saturated heterocycles. The van der Waals surface area contributed by atoms with Gasteiger partial charge in [-0.2, -0.15) is 17.6 Å². The number of halogens is 6. The molecule has 0 radical (unpaired) electrons. The standard InChI is InChI=1S/C28H36F6N4O6/c1-2-44-25(42)19(29)12-16(11-15-8-9-35-22(15)39)36-23(40)21-18-7-6-17(13-27(18,30)31)38(21)24(41)20(10-14-4-3-5-14)37-26(43)28(32,33)34/h12,14-18,20-21H,2-11,13H2,1H3,(H,35,39)(H,36,40)(H,37,43)/b19-12-/t15-,16-,17+,18+,20-,21-/m0/s1. The first kappa shape index (κ1) is 33.6. The fraction of sp³-hybridized carbons (Fsp3) is 0.750. The van der Waals surface area contributed by atoms with E-state index in [0.717, 1.165) is 11.3 Å². The molecule has 2 bridgehead atoms. The number of nitrogens with zero attached hydrogens (tertiary/aromatic N) is 1. The summed E-state index contributed by atoms with van der Waals surface area (Å²) >= 11 is 0. The highest BCUT2D eigenvalue weighted by Crippen LogP contribution is 2.49. The summed E-state index contributed by atoms with van der Waals surface area (Å²) in [5.74, 6) is -13.7. The highest BCUT2D eigenvalue weighted by atomic mass is 19.4. The lowest BCUT2D eigenvalue weighted by atomic mass is 9.71. The number of esters is 1. The average Bonchev–Trinajstić information content (AvgIpc) is 3.31. The van der Waals surface area contributed by atoms with Gasteiger partial charge in [0.2, 0.25) is 23.5 Å². The van der Waals surface area contributed by atoms with Crippen molar-refractivity contribution in [3.05, 3.63) is 11.9 Å². The van der Waals surface area contributed by atoms with Crippen LogP contribution in [0.5, 0.6) is 0 Å². The summed E-state index contributed by atoms with van der Waals surface area (Å²) < 4.78 is 89.1. The molecule has 0 aromatic carbocycles. The van der Waals surface area contributed by atoms with Crippen molar-refractivity contribution < 1.29 is 55.1 Å². The molecule has 2 aliphatic carbocycles. The number of carbonyl (C=O) groups excluding carboxylic acids is 5. The summed E-state index contributed by atoms with van der Waals surface area (Å²) in [6, 6.07) is -6.15. The van der Waals surface area contributed by atoms with E-state index >= 15 is 8.78 Å². The van der Waals surface area contributed by atoms with Crippen molar-refractivity contribution in [2.75, 3.05) is 13.2 Å². The maximum absolute atomic E-state index is 15.2. The van der Waals surface area contributed by atoms with Crippen LogP contribution >= 0.6 is 0 Å². The van der Waals surface area contributed by atoms with Gasteiger partial charge in [-0.05, 0) is 51.0 Å². The van der Waals surface area contributed by atoms with Gasteiger partial charge in [0.25, 0.3) is 5.92 Å². The first-order chi connectivity index (χ1) is 20.6. The molecule has 10 nitrogen and oxygen atoms in total. The van der Waals surface area contributed by atoms with Gasteiger partial charge < -0.3 is 25.6 Å². The summed E-state index contributed by atoms with van der Waals surface area (Å²) in [5, 5.41) is 6.69. The second-order valence-corrected chi connectivity index (χ2v) is 11.9. The summed E-state index contributed by atoms with van der Waals surface area (Å²) in [5.41, 5.74) is 0. The highest BCUT2D eigenvalue weighted by Gasteiger charge is 2.61. The van der Waals surface area contributed by atoms with Crippen molar-refractivity contribution in [2.24, 2.45) is 17.8 Å². The molecule has 3 heterocycles. The van der Waals surface area contributed by atoms with Crippen molar-refractivity contribution in [1.82, 2.24) is 20.9 Å². The van der Waals surface area contributed by atoms with Crippen LogP contribution in [-0.2, 0) is 28.7 Å². The molecule has 5 aliphatic rings. The molecule has 3 aliphatic heterocycles. The van der Waals surface area contributed by atoms with E-state index in [1.807, 2.05) is 0 Å². The number of nitrogens with one attached hydrogen (secondary N) is 3. The lowest BCUT2D eigenvalue weighted by Crippen LogP contribution is -2.71. The molecule has 0 spiro atoms. The average molecular weight is 639 g/mol. The van der Waals surface area contributed by atoms with E-state index in [9.17, 15) is 41.5 Å². The van der Waals surface area contributed by atoms with Crippen molar-refractivity contribution in [3.8, 4) is 0 Å². The SMILES string of the molecule is CCOC(=O)/C(F)=C/[C@H](C[C@@H]1CCNC1=O)NC(=O)[C@@H]1[C@H]2CC[C@H](CC2(F)F)N1C(=O)[C@H](CC1CCC1)NC(=O)C(F)(F)F. The van der Waals surface area contributed by atoms with Crippen LogP contribution in [0, 0.1) is 17.8 Å². The summed E-state index contributed by atoms with van der Waals surface area (Å²) in [4.78, 5) is 64.4. The van der Waals surface area contributed by atoms with E-state index in [1.165, 1.54) is 6.92 Å². The first-order valence-corrected chi connectivity index (χ1v) is 14.8. The molecule has 0 aromatic rings. The molecule has 246 valence electrons. The van der Waals surface area contributed by atoms with Crippen LogP contribution in [0.1, 0.15) is 64.7 Å². The molecule has 2 saturated carbocycles. The maximum atomic E-state index is 15.2. The second-order valence-electron chi connectivity index (χ2n) is 11.9. The Labute approximate surface area is 249 Å². The van der Waals surface area contributed by atoms with Crippen molar-refractivity contribution in [2.45, 2.75) is 101 Å². The Morgan fingerprint density at radius 3 is 2.34 bits per heavy atom. The lowest BCUT2D eigenvalue weighted by Gasteiger charge is -2.54. The van der Waals surface area contributed by atoms with Gasteiger partial charge in [0.15, 0.2) is 0 Å². The molecule has 0 aromatic heterocycles. The Morgan fingerprint density at radius 2 is 1.80 bits per heavy atom. The van der Waals surface area contributed by atoms with E-state index in [0.29, 0.717) is 31.9 Å². The fourth-order valence-electron chi connectivity index (χ4n) is 6.59. The third-order valence-corrected chi connectivity index (χ3v) is 8.96. The molecule has 3 N–H and O–H groups in total. The van der Waals surface area contributed by atoms with Crippen molar-refractivity contribution >= 4 is 29.6 Å². The topological polar surface area (TPSA) is 134 Å². The minimum absolute atomic E-state index is 0.0577. The third-order valence-electron chi connectivity index (χ3n) is 8.96. The minimum Gasteiger partial charge on any atom is -0.461 e. The van der Waals surface area contributed by atoms with E-state index < -0.39 is 89.9 Å². The molecule has 4 amide bonds. The number of ether oxygens (including phenoxy) is 1. The molecule has 0 unspecified atom stereocenters. The molecule has 6 atom stereocenters. The molecule has 44 heavy (non-hydrogen) atoms. The quantitative estimate of drug-likeness (QED) is 0.181. The number of amides is 4. The van der Waals surface area contributed by atoms with Crippen molar-refractivity contribution in [1.29, 1.82) is 0 Å². The maximum Gasteiger partial charge on any atom is 0.471 e. The van der Waals surface area contributed by atoms with Crippen LogP contribution in [0.15, 0.2) is 11.9 Å². The van der Waals surface area contributed by atoms with E-state index in [2.05, 4.69) is 15.4 Å². The number of piperidine rings is 2. The van der Waals surface area contributed by atoms with Gasteiger partial charge >= 0.3 is 18.1 Å². The molecular weight excluding hydrogens is 602 g/mol. The van der Waals surface area contributed by atoms with Gasteiger partial charge in [-0.15, -0.1) is 0 Å². The van der Waals surface area contributed by atoms with E-state index in [4.69, 9.17) is 0 Å². The van der Waals surface area contributed by atoms with Crippen LogP contribution in [0.2, 0.25) is 0 Å². The molecule has 5 rings (SSSR count). The van der Waals surface area contributed by atoms with Gasteiger partial charge in [-0.25, -0.2) is 13.6 Å². The molecule has 16 heteroatoms. The zero-order valence-corrected chi connectivity index (χ0v) is 24.1. The van der Waals surface area contributed by atoms with Crippen LogP contribution in [-0.4, -0.2) is 83.9 Å². The first-order valence-electron chi connectivity index (χ1n) is 14.8. The molecular formula is C28H36F6N4O6. The highest BCUT2D eigenvalue weighted by molar-refractivity contribution is 5.94. The predicted molar refractivity (Wildman–Crippen MR) is 140 cm³/mol. The van der Waals surface area contributed by atoms with Gasteiger partial charge in [0.05, 0.1) is 18.6 Å². The van der Waals surface area contributed by atoms with Gasteiger partial charge in [-0.3, -0.25) is 19.2 Å². The van der Waals surface area contributed by atoms with Crippen LogP contribution in [0.3, 0.4) is 0 Å². The zero-order chi connectivity index (χ0) is 32.4. The van der Waals surface area contributed by atoms with Gasteiger partial charge in [0.1, 0.15) is 12.1 Å². The monoisotopic (exact) mass is 638 g/mol. The Morgan fingerprint density at radius 1 is 1.09 bits per heavy atom. The van der Waals surface area contributed by atoms with E-state index in [-0.39, 0.29) is 38.2 Å². The van der Waals surface area contributed by atoms with Crippen LogP contribution in [0.25, 0.3) is 0 Å². The Bertz CT molecular complexity index is 1180. The largest absolute Gasteiger partial charge is 0.471 e. The zero-order valence-electron chi connectivity index (χ0n) is 24.1. The summed E-state index contributed by atoms with van der Waals surface area (Å²) in [6.45, 7) is 1.58. The Balaban J connectivity index is 1.64. The van der Waals surface area contributed by atoms with Gasteiger partial charge in [0, 0.05) is 24.9 Å². The normalized spacial score (nSPS) is 28.0. The Hall–Kier alpha value is -3.33. The number of hydrogen-bond donors (Lipinski definition) is 3. The molecule has 5 fully saturated rings. The third kappa shape index (κ3) is 7.48. The van der Waals surface area contributed by atoms with Crippen LogP contribution < -0.4 is 16.0 Å². The lowest BCUT2D eigenvalue weighted by molar-refractivity contribution is -0.196. The van der Waals surface area contributed by atoms with Crippen molar-refractivity contribution in [3.63, 3.8) is 0 Å². The van der Waals surface area contributed by atoms with Gasteiger partial charge in [-0.1, -0.05) is 19.3 Å². The predicted octanol–water partition coefficient (Wildman–Crippen LogP) is 2.67. The second kappa shape index (κ2) is 13.3. The number of alkyl halides is 5. The fourth-order valence-corrected chi connectivity index (χ4v) is 6.59. The smallest absolute Gasteiger partial charge is 0.461 e. The minimum atomic E-state index is -5.31. The number of fused-ring (bicyclic) bond motifs is 3. The number of rotatable bonds is 11. The number of carbonyl (C=O) groups is 5. The van der Waals surface area contributed by atoms with E-state index in [1.54, 1.807) is 5.32 Å². The Kier molecular flexibility index (Phi) is 10.2. The van der Waals surface area contributed by atoms with Crippen LogP contribution in [0.4, 0.5) is 26.3 Å².